The smallest absolute Gasteiger partial charge is 0.343 e. The Bertz CT molecular complexity index is 1120. The molecule has 0 saturated heterocycles. The molecule has 0 aliphatic rings. The maximum absolute atomic E-state index is 12.7. The lowest BCUT2D eigenvalue weighted by Crippen LogP contribution is -2.32. The summed E-state index contributed by atoms with van der Waals surface area (Å²) in [6, 6.07) is 13.4. The zero-order valence-corrected chi connectivity index (χ0v) is 16.5. The Balaban J connectivity index is 2.05. The van der Waals surface area contributed by atoms with Gasteiger partial charge in [0.15, 0.2) is 0 Å². The fraction of sp³-hybridized carbons (Fsp3) is 0.227. The van der Waals surface area contributed by atoms with Gasteiger partial charge in [0.05, 0.1) is 25.2 Å². The Morgan fingerprint density at radius 2 is 1.80 bits per heavy atom. The molecule has 8 heteroatoms. The van der Waals surface area contributed by atoms with Crippen LogP contribution in [0.5, 0.6) is 11.5 Å². The molecule has 30 heavy (non-hydrogen) atoms. The summed E-state index contributed by atoms with van der Waals surface area (Å²) in [5, 5.41) is 13.7. The van der Waals surface area contributed by atoms with Gasteiger partial charge in [-0.05, 0) is 29.8 Å². The molecule has 0 saturated carbocycles. The van der Waals surface area contributed by atoms with Gasteiger partial charge in [-0.1, -0.05) is 24.3 Å². The number of amides is 1. The van der Waals surface area contributed by atoms with E-state index in [9.17, 15) is 19.5 Å². The molecule has 1 unspecified atom stereocenters. The third kappa shape index (κ3) is 4.43. The van der Waals surface area contributed by atoms with Crippen LogP contribution in [-0.4, -0.2) is 37.7 Å². The second-order valence-electron chi connectivity index (χ2n) is 6.53. The summed E-state index contributed by atoms with van der Waals surface area (Å²) in [5.74, 6) is -1.55. The van der Waals surface area contributed by atoms with Gasteiger partial charge in [-0.2, -0.15) is 0 Å². The molecule has 1 aromatic heterocycles. The van der Waals surface area contributed by atoms with E-state index in [0.717, 1.165) is 0 Å². The van der Waals surface area contributed by atoms with Crippen LogP contribution in [0.15, 0.2) is 57.7 Å². The molecule has 0 aliphatic carbocycles. The van der Waals surface area contributed by atoms with Crippen LogP contribution >= 0.6 is 0 Å². The van der Waals surface area contributed by atoms with E-state index in [2.05, 4.69) is 10.1 Å². The summed E-state index contributed by atoms with van der Waals surface area (Å²) in [7, 11) is 2.74. The van der Waals surface area contributed by atoms with Crippen LogP contribution in [-0.2, 0) is 14.3 Å². The molecule has 3 aromatic rings. The van der Waals surface area contributed by atoms with Crippen molar-refractivity contribution >= 4 is 22.8 Å². The van der Waals surface area contributed by atoms with Crippen LogP contribution in [0.25, 0.3) is 11.0 Å². The molecule has 1 atom stereocenters. The number of ether oxygens (including phenoxy) is 2. The minimum Gasteiger partial charge on any atom is -0.507 e. The second kappa shape index (κ2) is 9.13. The summed E-state index contributed by atoms with van der Waals surface area (Å²) >= 11 is 0. The summed E-state index contributed by atoms with van der Waals surface area (Å²) in [5.41, 5.74) is 0.0640. The number of para-hydroxylation sites is 1. The minimum absolute atomic E-state index is 0.0351. The standard InChI is InChI=1S/C22H21NO7/c1-28-14-9-7-13(8-10-14)16(11-18(24)23-12-19(25)29-2)20-21(26)15-5-3-4-6-17(15)30-22(20)27/h3-10,16,26H,11-12H2,1-2H3,(H,23,24). The quantitative estimate of drug-likeness (QED) is 0.453. The van der Waals surface area contributed by atoms with Gasteiger partial charge >= 0.3 is 11.6 Å². The molecule has 2 aromatic carbocycles. The fourth-order valence-corrected chi connectivity index (χ4v) is 3.18. The van der Waals surface area contributed by atoms with E-state index in [4.69, 9.17) is 9.15 Å². The third-order valence-corrected chi connectivity index (χ3v) is 4.73. The van der Waals surface area contributed by atoms with E-state index in [1.54, 1.807) is 48.5 Å². The first-order valence-electron chi connectivity index (χ1n) is 9.16. The molecule has 0 spiro atoms. The van der Waals surface area contributed by atoms with E-state index in [0.29, 0.717) is 16.7 Å². The third-order valence-electron chi connectivity index (χ3n) is 4.73. The van der Waals surface area contributed by atoms with Crippen molar-refractivity contribution in [1.29, 1.82) is 0 Å². The van der Waals surface area contributed by atoms with E-state index in [-0.39, 0.29) is 29.9 Å². The molecule has 8 nitrogen and oxygen atoms in total. The van der Waals surface area contributed by atoms with E-state index in [1.165, 1.54) is 14.2 Å². The molecular formula is C22H21NO7. The maximum atomic E-state index is 12.7. The van der Waals surface area contributed by atoms with Crippen LogP contribution in [0, 0.1) is 0 Å². The van der Waals surface area contributed by atoms with Gasteiger partial charge in [-0.3, -0.25) is 9.59 Å². The van der Waals surface area contributed by atoms with Gasteiger partial charge in [0.1, 0.15) is 23.6 Å². The Kier molecular flexibility index (Phi) is 6.36. The number of nitrogens with one attached hydrogen (secondary N) is 1. The van der Waals surface area contributed by atoms with Crippen LogP contribution in [0.3, 0.4) is 0 Å². The Morgan fingerprint density at radius 3 is 2.47 bits per heavy atom. The largest absolute Gasteiger partial charge is 0.507 e. The lowest BCUT2D eigenvalue weighted by atomic mass is 9.88. The van der Waals surface area contributed by atoms with Crippen LogP contribution < -0.4 is 15.7 Å². The number of hydrogen-bond acceptors (Lipinski definition) is 7. The van der Waals surface area contributed by atoms with E-state index >= 15 is 0 Å². The number of methoxy groups -OCH3 is 2. The summed E-state index contributed by atoms with van der Waals surface area (Å²) in [6.07, 6.45) is -0.194. The van der Waals surface area contributed by atoms with Gasteiger partial charge in [-0.15, -0.1) is 0 Å². The number of aromatic hydroxyl groups is 1. The zero-order valence-electron chi connectivity index (χ0n) is 16.5. The van der Waals surface area contributed by atoms with Gasteiger partial charge in [-0.25, -0.2) is 4.79 Å². The molecule has 1 amide bonds. The maximum Gasteiger partial charge on any atom is 0.343 e. The first-order valence-corrected chi connectivity index (χ1v) is 9.16. The topological polar surface area (TPSA) is 115 Å². The predicted octanol–water partition coefficient (Wildman–Crippen LogP) is 2.32. The molecule has 0 bridgehead atoms. The van der Waals surface area contributed by atoms with Crippen molar-refractivity contribution in [2.45, 2.75) is 12.3 Å². The van der Waals surface area contributed by atoms with Crippen LogP contribution in [0.4, 0.5) is 0 Å². The second-order valence-corrected chi connectivity index (χ2v) is 6.53. The number of carbonyl (C=O) groups excluding carboxylic acids is 2. The minimum atomic E-state index is -0.811. The Hall–Kier alpha value is -3.81. The first kappa shape index (κ1) is 20.9. The van der Waals surface area contributed by atoms with Crippen LogP contribution in [0.1, 0.15) is 23.5 Å². The number of carbonyl (C=O) groups is 2. The number of rotatable bonds is 7. The predicted molar refractivity (Wildman–Crippen MR) is 109 cm³/mol. The zero-order chi connectivity index (χ0) is 21.7. The van der Waals surface area contributed by atoms with E-state index in [1.807, 2.05) is 0 Å². The van der Waals surface area contributed by atoms with Crippen molar-refractivity contribution in [3.63, 3.8) is 0 Å². The van der Waals surface area contributed by atoms with Gasteiger partial charge in [0, 0.05) is 12.3 Å². The molecule has 1 heterocycles. The molecule has 2 N–H and O–H groups in total. The summed E-state index contributed by atoms with van der Waals surface area (Å²) in [4.78, 5) is 36.5. The van der Waals surface area contributed by atoms with Gasteiger partial charge < -0.3 is 24.3 Å². The molecule has 156 valence electrons. The molecule has 0 radical (unpaired) electrons. The van der Waals surface area contributed by atoms with Gasteiger partial charge in [0.25, 0.3) is 0 Å². The highest BCUT2D eigenvalue weighted by molar-refractivity contribution is 5.86. The van der Waals surface area contributed by atoms with Crippen LogP contribution in [0.2, 0.25) is 0 Å². The average Bonchev–Trinajstić information content (AvgIpc) is 2.76. The Labute approximate surface area is 172 Å². The highest BCUT2D eigenvalue weighted by Gasteiger charge is 2.27. The number of hydrogen-bond donors (Lipinski definition) is 2. The number of esters is 1. The average molecular weight is 411 g/mol. The fourth-order valence-electron chi connectivity index (χ4n) is 3.18. The molecule has 0 aliphatic heterocycles. The van der Waals surface area contributed by atoms with Crippen molar-refractivity contribution in [3.8, 4) is 11.5 Å². The Morgan fingerprint density at radius 1 is 1.10 bits per heavy atom. The number of fused-ring (bicyclic) bond motifs is 1. The molecule has 3 rings (SSSR count). The summed E-state index contributed by atoms with van der Waals surface area (Å²) < 4.78 is 15.0. The monoisotopic (exact) mass is 411 g/mol. The van der Waals surface area contributed by atoms with Crippen molar-refractivity contribution < 1.29 is 28.6 Å². The van der Waals surface area contributed by atoms with Crippen molar-refractivity contribution in [3.05, 3.63) is 70.1 Å². The normalized spacial score (nSPS) is 11.7. The van der Waals surface area contributed by atoms with Crippen molar-refractivity contribution in [2.24, 2.45) is 0 Å². The lowest BCUT2D eigenvalue weighted by Gasteiger charge is -2.18. The van der Waals surface area contributed by atoms with E-state index < -0.39 is 23.4 Å². The lowest BCUT2D eigenvalue weighted by molar-refractivity contribution is -0.141. The number of benzene rings is 2. The highest BCUT2D eigenvalue weighted by Crippen LogP contribution is 2.36. The van der Waals surface area contributed by atoms with Crippen molar-refractivity contribution in [1.82, 2.24) is 5.32 Å². The molecule has 0 fully saturated rings. The van der Waals surface area contributed by atoms with Crippen molar-refractivity contribution in [2.75, 3.05) is 20.8 Å². The van der Waals surface area contributed by atoms with Gasteiger partial charge in [0.2, 0.25) is 5.91 Å². The highest BCUT2D eigenvalue weighted by atomic mass is 16.5. The summed E-state index contributed by atoms with van der Waals surface area (Å²) in [6.45, 7) is -0.303. The first-order chi connectivity index (χ1) is 14.4. The molecular weight excluding hydrogens is 390 g/mol. The SMILES string of the molecule is COC(=O)CNC(=O)CC(c1ccc(OC)cc1)c1c(O)c2ccccc2oc1=O.